The van der Waals surface area contributed by atoms with Gasteiger partial charge in [-0.1, -0.05) is 19.8 Å². The lowest BCUT2D eigenvalue weighted by Crippen LogP contribution is -2.45. The van der Waals surface area contributed by atoms with Crippen LogP contribution in [-0.4, -0.2) is 32.5 Å². The van der Waals surface area contributed by atoms with Crippen molar-refractivity contribution in [1.82, 2.24) is 4.31 Å². The van der Waals surface area contributed by atoms with Crippen molar-refractivity contribution in [2.24, 2.45) is 0 Å². The number of rotatable bonds is 4. The van der Waals surface area contributed by atoms with Gasteiger partial charge in [-0.05, 0) is 13.3 Å². The maximum atomic E-state index is 11.6. The van der Waals surface area contributed by atoms with Crippen molar-refractivity contribution in [3.63, 3.8) is 0 Å². The standard InChI is InChI=1S/C10H13NO5S/c1-4-6-8(10(13)15-5-2)11-7(3)9(12)16-17(11)14/h2,7-8H,4,6H2,1,3H3/t7-,8-,17?/m0/s1. The molecule has 0 saturated carbocycles. The Balaban J connectivity index is 2.91. The Kier molecular flexibility index (Phi) is 4.66. The van der Waals surface area contributed by atoms with Crippen LogP contribution in [0.15, 0.2) is 0 Å². The van der Waals surface area contributed by atoms with Crippen LogP contribution in [0, 0.1) is 12.5 Å². The van der Waals surface area contributed by atoms with Gasteiger partial charge in [0.15, 0.2) is 0 Å². The summed E-state index contributed by atoms with van der Waals surface area (Å²) in [6, 6.07) is -1.59. The predicted octanol–water partition coefficient (Wildman–Crippen LogP) is 0.115. The second-order valence-electron chi connectivity index (χ2n) is 3.50. The average Bonchev–Trinajstić information content (AvgIpc) is 2.51. The first-order valence-electron chi connectivity index (χ1n) is 5.11. The Bertz CT molecular complexity index is 389. The largest absolute Gasteiger partial charge is 0.371 e. The van der Waals surface area contributed by atoms with Crippen molar-refractivity contribution in [1.29, 1.82) is 0 Å². The third-order valence-corrected chi connectivity index (χ3v) is 3.57. The van der Waals surface area contributed by atoms with Gasteiger partial charge in [-0.3, -0.25) is 0 Å². The van der Waals surface area contributed by atoms with Crippen molar-refractivity contribution in [3.8, 4) is 12.5 Å². The highest BCUT2D eigenvalue weighted by Gasteiger charge is 2.45. The van der Waals surface area contributed by atoms with E-state index in [9.17, 15) is 13.8 Å². The number of carbonyl (C=O) groups is 2. The number of nitrogens with zero attached hydrogens (tertiary/aromatic N) is 1. The fourth-order valence-electron chi connectivity index (χ4n) is 1.54. The fourth-order valence-corrected chi connectivity index (χ4v) is 2.65. The Hall–Kier alpha value is -1.39. The summed E-state index contributed by atoms with van der Waals surface area (Å²) in [5, 5.41) is 0. The number of carbonyl (C=O) groups excluding carboxylic acids is 2. The molecule has 1 aliphatic rings. The van der Waals surface area contributed by atoms with Crippen LogP contribution in [0.2, 0.25) is 0 Å². The summed E-state index contributed by atoms with van der Waals surface area (Å²) in [6.07, 6.45) is 7.68. The van der Waals surface area contributed by atoms with Crippen LogP contribution < -0.4 is 0 Å². The zero-order valence-corrected chi connectivity index (χ0v) is 10.4. The maximum absolute atomic E-state index is 11.6. The number of hydrogen-bond donors (Lipinski definition) is 0. The van der Waals surface area contributed by atoms with Crippen LogP contribution in [0.1, 0.15) is 26.7 Å². The van der Waals surface area contributed by atoms with Crippen LogP contribution in [0.5, 0.6) is 0 Å². The van der Waals surface area contributed by atoms with Crippen molar-refractivity contribution in [3.05, 3.63) is 0 Å². The molecule has 0 N–H and O–H groups in total. The molecule has 17 heavy (non-hydrogen) atoms. The van der Waals surface area contributed by atoms with E-state index in [2.05, 4.69) is 8.92 Å². The molecule has 0 bridgehead atoms. The summed E-state index contributed by atoms with van der Waals surface area (Å²) in [6.45, 7) is 3.36. The van der Waals surface area contributed by atoms with Crippen LogP contribution >= 0.6 is 0 Å². The SMILES string of the molecule is C#COC(=O)[C@H](CCC)N1[C@@H](C)C(=O)OS1=O. The van der Waals surface area contributed by atoms with Gasteiger partial charge in [-0.15, -0.1) is 0 Å². The van der Waals surface area contributed by atoms with Crippen LogP contribution in [-0.2, 0) is 29.8 Å². The molecular weight excluding hydrogens is 246 g/mol. The first-order valence-corrected chi connectivity index (χ1v) is 6.14. The molecule has 1 saturated heterocycles. The monoisotopic (exact) mass is 259 g/mol. The van der Waals surface area contributed by atoms with Gasteiger partial charge in [0.25, 0.3) is 11.3 Å². The van der Waals surface area contributed by atoms with Crippen molar-refractivity contribution < 1.29 is 22.7 Å². The van der Waals surface area contributed by atoms with E-state index >= 15 is 0 Å². The molecule has 1 fully saturated rings. The van der Waals surface area contributed by atoms with Gasteiger partial charge < -0.3 is 8.92 Å². The lowest BCUT2D eigenvalue weighted by atomic mass is 10.1. The molecule has 6 nitrogen and oxygen atoms in total. The molecule has 0 amide bonds. The van der Waals surface area contributed by atoms with Crippen molar-refractivity contribution in [2.75, 3.05) is 0 Å². The van der Waals surface area contributed by atoms with Crippen LogP contribution in [0.3, 0.4) is 0 Å². The molecule has 1 heterocycles. The molecule has 0 aliphatic carbocycles. The normalized spacial score (nSPS) is 26.1. The fraction of sp³-hybridized carbons (Fsp3) is 0.600. The predicted molar refractivity (Wildman–Crippen MR) is 59.2 cm³/mol. The van der Waals surface area contributed by atoms with Crippen molar-refractivity contribution in [2.45, 2.75) is 38.8 Å². The highest BCUT2D eigenvalue weighted by molar-refractivity contribution is 7.78. The summed E-state index contributed by atoms with van der Waals surface area (Å²) in [5.41, 5.74) is 0. The van der Waals surface area contributed by atoms with E-state index in [1.165, 1.54) is 11.2 Å². The topological polar surface area (TPSA) is 72.9 Å². The molecule has 0 aromatic heterocycles. The van der Waals surface area contributed by atoms with Gasteiger partial charge in [-0.25, -0.2) is 9.59 Å². The lowest BCUT2D eigenvalue weighted by Gasteiger charge is -2.22. The van der Waals surface area contributed by atoms with Gasteiger partial charge >= 0.3 is 11.9 Å². The number of ether oxygens (including phenoxy) is 1. The smallest absolute Gasteiger partial charge is 0.339 e. The van der Waals surface area contributed by atoms with Gasteiger partial charge in [0.05, 0.1) is 0 Å². The van der Waals surface area contributed by atoms with E-state index in [0.717, 1.165) is 0 Å². The zero-order valence-electron chi connectivity index (χ0n) is 9.54. The van der Waals surface area contributed by atoms with Gasteiger partial charge in [0, 0.05) is 0 Å². The molecule has 1 rings (SSSR count). The average molecular weight is 259 g/mol. The molecule has 94 valence electrons. The van der Waals surface area contributed by atoms with E-state index in [-0.39, 0.29) is 0 Å². The van der Waals surface area contributed by atoms with E-state index in [0.29, 0.717) is 12.8 Å². The lowest BCUT2D eigenvalue weighted by molar-refractivity contribution is -0.142. The minimum atomic E-state index is -1.96. The van der Waals surface area contributed by atoms with E-state index < -0.39 is 35.3 Å². The Morgan fingerprint density at radius 1 is 1.76 bits per heavy atom. The molecule has 0 spiro atoms. The molecular formula is C10H13NO5S. The molecule has 1 aliphatic heterocycles. The molecule has 3 atom stereocenters. The Labute approximate surface area is 102 Å². The Morgan fingerprint density at radius 2 is 2.41 bits per heavy atom. The number of terminal acetylenes is 1. The summed E-state index contributed by atoms with van der Waals surface area (Å²) in [4.78, 5) is 22.8. The van der Waals surface area contributed by atoms with Gasteiger partial charge in [-0.2, -0.15) is 8.51 Å². The first kappa shape index (κ1) is 13.7. The zero-order chi connectivity index (χ0) is 13.0. The minimum Gasteiger partial charge on any atom is -0.371 e. The van der Waals surface area contributed by atoms with Crippen LogP contribution in [0.25, 0.3) is 0 Å². The molecule has 0 aromatic carbocycles. The maximum Gasteiger partial charge on any atom is 0.339 e. The number of esters is 1. The second kappa shape index (κ2) is 5.80. The van der Waals surface area contributed by atoms with Crippen LogP contribution in [0.4, 0.5) is 0 Å². The Morgan fingerprint density at radius 3 is 2.82 bits per heavy atom. The molecule has 0 aromatic rings. The van der Waals surface area contributed by atoms with Gasteiger partial charge in [0.1, 0.15) is 18.2 Å². The summed E-state index contributed by atoms with van der Waals surface area (Å²) >= 11 is -1.96. The third-order valence-electron chi connectivity index (χ3n) is 2.35. The van der Waals surface area contributed by atoms with E-state index in [1.54, 1.807) is 6.11 Å². The minimum absolute atomic E-state index is 0.382. The molecule has 1 unspecified atom stereocenters. The quantitative estimate of drug-likeness (QED) is 0.529. The highest BCUT2D eigenvalue weighted by atomic mass is 32.2. The van der Waals surface area contributed by atoms with E-state index in [4.69, 9.17) is 6.42 Å². The summed E-state index contributed by atoms with van der Waals surface area (Å²) in [7, 11) is 0. The highest BCUT2D eigenvalue weighted by Crippen LogP contribution is 2.23. The molecule has 0 radical (unpaired) electrons. The second-order valence-corrected chi connectivity index (χ2v) is 4.52. The van der Waals surface area contributed by atoms with Crippen molar-refractivity contribution >= 4 is 23.2 Å². The molecule has 7 heteroatoms. The number of hydrogen-bond acceptors (Lipinski definition) is 5. The first-order chi connectivity index (χ1) is 8.02. The third kappa shape index (κ3) is 2.84. The summed E-state index contributed by atoms with van der Waals surface area (Å²) < 4.78 is 21.7. The van der Waals surface area contributed by atoms with E-state index in [1.807, 2.05) is 6.92 Å². The van der Waals surface area contributed by atoms with Gasteiger partial charge in [0.2, 0.25) is 0 Å². The summed E-state index contributed by atoms with van der Waals surface area (Å²) in [5.74, 6) is -1.33.